The third-order valence-corrected chi connectivity index (χ3v) is 2.94. The van der Waals surface area contributed by atoms with Gasteiger partial charge in [-0.3, -0.25) is 19.5 Å². The molecule has 5 heteroatoms. The van der Waals surface area contributed by atoms with Crippen LogP contribution >= 0.6 is 0 Å². The van der Waals surface area contributed by atoms with Gasteiger partial charge in [-0.25, -0.2) is 0 Å². The Bertz CT molecular complexity index is 419. The van der Waals surface area contributed by atoms with Crippen molar-refractivity contribution < 1.29 is 9.59 Å². The Morgan fingerprint density at radius 1 is 1.41 bits per heavy atom. The molecule has 5 nitrogen and oxygen atoms in total. The number of hydrogen-bond donors (Lipinski definition) is 1. The van der Waals surface area contributed by atoms with Gasteiger partial charge in [0.2, 0.25) is 11.8 Å². The topological polar surface area (TPSA) is 62.3 Å². The molecule has 0 bridgehead atoms. The molecule has 2 amide bonds. The highest BCUT2D eigenvalue weighted by atomic mass is 16.2. The van der Waals surface area contributed by atoms with Crippen LogP contribution in [0.2, 0.25) is 0 Å². The quantitative estimate of drug-likeness (QED) is 0.742. The van der Waals surface area contributed by atoms with Gasteiger partial charge in [0.15, 0.2) is 0 Å². The first-order chi connectivity index (χ1) is 8.18. The summed E-state index contributed by atoms with van der Waals surface area (Å²) in [7, 11) is 1.52. The molecule has 0 aliphatic carbocycles. The molecular weight excluding hydrogens is 218 g/mol. The van der Waals surface area contributed by atoms with Gasteiger partial charge in [-0.15, -0.1) is 0 Å². The molecule has 1 aliphatic heterocycles. The third kappa shape index (κ3) is 2.68. The van der Waals surface area contributed by atoms with E-state index in [1.54, 1.807) is 12.4 Å². The zero-order valence-electron chi connectivity index (χ0n) is 9.72. The molecule has 0 aromatic carbocycles. The van der Waals surface area contributed by atoms with Crippen LogP contribution in [0.4, 0.5) is 0 Å². The summed E-state index contributed by atoms with van der Waals surface area (Å²) in [5.74, 6) is -0.249. The minimum absolute atomic E-state index is 0.114. The second-order valence-electron chi connectivity index (χ2n) is 4.11. The minimum atomic E-state index is -0.352. The van der Waals surface area contributed by atoms with E-state index in [9.17, 15) is 9.59 Å². The molecule has 0 saturated carbocycles. The Kier molecular flexibility index (Phi) is 3.49. The molecule has 0 spiro atoms. The molecule has 1 aromatic rings. The van der Waals surface area contributed by atoms with Crippen LogP contribution in [0.25, 0.3) is 0 Å². The fourth-order valence-electron chi connectivity index (χ4n) is 1.86. The SMILES string of the molecule is CN1C(=O)CC(NCCc2ccncc2)C1=O. The lowest BCUT2D eigenvalue weighted by atomic mass is 10.2. The Balaban J connectivity index is 1.80. The normalized spacial score (nSPS) is 20.1. The summed E-state index contributed by atoms with van der Waals surface area (Å²) in [5.41, 5.74) is 1.16. The number of imide groups is 1. The number of aromatic nitrogens is 1. The van der Waals surface area contributed by atoms with Gasteiger partial charge in [-0.1, -0.05) is 0 Å². The lowest BCUT2D eigenvalue weighted by Crippen LogP contribution is -2.38. The van der Waals surface area contributed by atoms with E-state index in [2.05, 4.69) is 10.3 Å². The maximum atomic E-state index is 11.6. The monoisotopic (exact) mass is 233 g/mol. The van der Waals surface area contributed by atoms with Crippen LogP contribution in [0.5, 0.6) is 0 Å². The van der Waals surface area contributed by atoms with E-state index in [1.165, 1.54) is 11.9 Å². The number of carbonyl (C=O) groups is 2. The molecule has 1 N–H and O–H groups in total. The highest BCUT2D eigenvalue weighted by Gasteiger charge is 2.35. The highest BCUT2D eigenvalue weighted by Crippen LogP contribution is 2.10. The second kappa shape index (κ2) is 5.05. The van der Waals surface area contributed by atoms with Crippen LogP contribution in [0.1, 0.15) is 12.0 Å². The van der Waals surface area contributed by atoms with Crippen molar-refractivity contribution in [1.29, 1.82) is 0 Å². The predicted molar refractivity (Wildman–Crippen MR) is 62.1 cm³/mol. The van der Waals surface area contributed by atoms with Gasteiger partial charge in [0.1, 0.15) is 0 Å². The van der Waals surface area contributed by atoms with Crippen LogP contribution in [0.15, 0.2) is 24.5 Å². The van der Waals surface area contributed by atoms with E-state index in [0.29, 0.717) is 6.54 Å². The summed E-state index contributed by atoms with van der Waals surface area (Å²) in [5, 5.41) is 3.11. The molecule has 1 saturated heterocycles. The summed E-state index contributed by atoms with van der Waals surface area (Å²) in [6, 6.07) is 3.53. The molecule has 0 radical (unpaired) electrons. The van der Waals surface area contributed by atoms with Crippen molar-refractivity contribution in [3.8, 4) is 0 Å². The average molecular weight is 233 g/mol. The summed E-state index contributed by atoms with van der Waals surface area (Å²) in [4.78, 5) is 28.0. The van der Waals surface area contributed by atoms with Crippen molar-refractivity contribution in [2.24, 2.45) is 0 Å². The van der Waals surface area contributed by atoms with Gasteiger partial charge < -0.3 is 5.32 Å². The molecule has 2 heterocycles. The second-order valence-corrected chi connectivity index (χ2v) is 4.11. The highest BCUT2D eigenvalue weighted by molar-refractivity contribution is 6.05. The number of nitrogens with zero attached hydrogens (tertiary/aromatic N) is 2. The van der Waals surface area contributed by atoms with Crippen molar-refractivity contribution in [3.05, 3.63) is 30.1 Å². The van der Waals surface area contributed by atoms with Crippen LogP contribution in [0.3, 0.4) is 0 Å². The zero-order chi connectivity index (χ0) is 12.3. The Morgan fingerprint density at radius 3 is 2.71 bits per heavy atom. The number of amides is 2. The number of likely N-dealkylation sites (tertiary alicyclic amines) is 1. The lowest BCUT2D eigenvalue weighted by Gasteiger charge is -2.10. The molecule has 2 rings (SSSR count). The number of rotatable bonds is 4. The van der Waals surface area contributed by atoms with E-state index in [0.717, 1.165) is 12.0 Å². The van der Waals surface area contributed by atoms with E-state index in [4.69, 9.17) is 0 Å². The molecule has 90 valence electrons. The number of carbonyl (C=O) groups excluding carboxylic acids is 2. The van der Waals surface area contributed by atoms with Crippen LogP contribution in [0, 0.1) is 0 Å². The van der Waals surface area contributed by atoms with Gasteiger partial charge in [-0.2, -0.15) is 0 Å². The molecular formula is C12H15N3O2. The van der Waals surface area contributed by atoms with Gasteiger partial charge in [0.25, 0.3) is 0 Å². The van der Waals surface area contributed by atoms with Crippen LogP contribution < -0.4 is 5.32 Å². The third-order valence-electron chi connectivity index (χ3n) is 2.94. The summed E-state index contributed by atoms with van der Waals surface area (Å²) in [6.45, 7) is 0.682. The fraction of sp³-hybridized carbons (Fsp3) is 0.417. The average Bonchev–Trinajstić information content (AvgIpc) is 2.59. The summed E-state index contributed by atoms with van der Waals surface area (Å²) < 4.78 is 0. The molecule has 1 unspecified atom stereocenters. The lowest BCUT2D eigenvalue weighted by molar-refractivity contribution is -0.137. The first kappa shape index (κ1) is 11.7. The maximum Gasteiger partial charge on any atom is 0.246 e. The Hall–Kier alpha value is -1.75. The van der Waals surface area contributed by atoms with Crippen molar-refractivity contribution in [2.75, 3.05) is 13.6 Å². The number of pyridine rings is 1. The first-order valence-corrected chi connectivity index (χ1v) is 5.61. The van der Waals surface area contributed by atoms with Crippen molar-refractivity contribution in [2.45, 2.75) is 18.9 Å². The standard InChI is InChI=1S/C12H15N3O2/c1-15-11(16)8-10(12(15)17)14-7-4-9-2-5-13-6-3-9/h2-3,5-6,10,14H,4,7-8H2,1H3. The first-order valence-electron chi connectivity index (χ1n) is 5.61. The van der Waals surface area contributed by atoms with E-state index < -0.39 is 0 Å². The molecule has 1 aliphatic rings. The van der Waals surface area contributed by atoms with E-state index in [1.807, 2.05) is 12.1 Å². The molecule has 1 atom stereocenters. The minimum Gasteiger partial charge on any atom is -0.305 e. The zero-order valence-corrected chi connectivity index (χ0v) is 9.72. The van der Waals surface area contributed by atoms with Gasteiger partial charge in [-0.05, 0) is 30.7 Å². The summed E-state index contributed by atoms with van der Waals surface area (Å²) in [6.07, 6.45) is 4.58. The molecule has 1 aromatic heterocycles. The van der Waals surface area contributed by atoms with Crippen molar-refractivity contribution >= 4 is 11.8 Å². The van der Waals surface area contributed by atoms with Gasteiger partial charge in [0.05, 0.1) is 12.5 Å². The molecule has 1 fully saturated rings. The largest absolute Gasteiger partial charge is 0.305 e. The van der Waals surface area contributed by atoms with Crippen LogP contribution in [-0.2, 0) is 16.0 Å². The van der Waals surface area contributed by atoms with Crippen molar-refractivity contribution in [1.82, 2.24) is 15.2 Å². The Morgan fingerprint density at radius 2 is 2.12 bits per heavy atom. The number of hydrogen-bond acceptors (Lipinski definition) is 4. The van der Waals surface area contributed by atoms with Crippen LogP contribution in [-0.4, -0.2) is 41.3 Å². The van der Waals surface area contributed by atoms with Crippen molar-refractivity contribution in [3.63, 3.8) is 0 Å². The van der Waals surface area contributed by atoms with Gasteiger partial charge in [0, 0.05) is 19.4 Å². The Labute approximate surface area is 99.8 Å². The number of likely N-dealkylation sites (N-methyl/N-ethyl adjacent to an activating group) is 1. The summed E-state index contributed by atoms with van der Waals surface area (Å²) >= 11 is 0. The fourth-order valence-corrected chi connectivity index (χ4v) is 1.86. The van der Waals surface area contributed by atoms with E-state index in [-0.39, 0.29) is 24.3 Å². The smallest absolute Gasteiger partial charge is 0.246 e. The molecule has 17 heavy (non-hydrogen) atoms. The predicted octanol–water partition coefficient (Wildman–Crippen LogP) is -0.0290. The van der Waals surface area contributed by atoms with Gasteiger partial charge >= 0.3 is 0 Å². The van der Waals surface area contributed by atoms with E-state index >= 15 is 0 Å². The number of nitrogens with one attached hydrogen (secondary N) is 1. The maximum absolute atomic E-state index is 11.6.